The third kappa shape index (κ3) is 5.40. The van der Waals surface area contributed by atoms with Crippen LogP contribution in [0.2, 0.25) is 0 Å². The number of carbonyl (C=O) groups excluding carboxylic acids is 1. The van der Waals surface area contributed by atoms with Gasteiger partial charge < -0.3 is 15.7 Å². The van der Waals surface area contributed by atoms with Crippen molar-refractivity contribution in [2.45, 2.75) is 31.2 Å². The smallest absolute Gasteiger partial charge is 0.237 e. The minimum atomic E-state index is -0.315. The van der Waals surface area contributed by atoms with Crippen LogP contribution in [0.5, 0.6) is 0 Å². The fraction of sp³-hybridized carbons (Fsp3) is 0.727. The highest BCUT2D eigenvalue weighted by atomic mass is 32.2. The van der Waals surface area contributed by atoms with E-state index in [0.717, 1.165) is 0 Å². The summed E-state index contributed by atoms with van der Waals surface area (Å²) in [6, 6.07) is -0.254. The summed E-state index contributed by atoms with van der Waals surface area (Å²) in [5.74, 6) is 2.23. The third-order valence-corrected chi connectivity index (χ3v) is 3.47. The van der Waals surface area contributed by atoms with Gasteiger partial charge in [-0.05, 0) is 20.1 Å². The number of hydrogen-bond donors (Lipinski definition) is 3. The van der Waals surface area contributed by atoms with Gasteiger partial charge in [-0.1, -0.05) is 5.92 Å². The van der Waals surface area contributed by atoms with Gasteiger partial charge in [0.2, 0.25) is 5.91 Å². The number of nitrogens with one attached hydrogen (secondary N) is 2. The van der Waals surface area contributed by atoms with Gasteiger partial charge in [-0.3, -0.25) is 4.79 Å². The monoisotopic (exact) mass is 244 g/mol. The van der Waals surface area contributed by atoms with E-state index in [1.807, 2.05) is 13.2 Å². The molecule has 0 aromatic heterocycles. The Bertz CT molecular complexity index is 249. The van der Waals surface area contributed by atoms with Crippen molar-refractivity contribution in [3.8, 4) is 12.3 Å². The second-order valence-corrected chi connectivity index (χ2v) is 4.63. The summed E-state index contributed by atoms with van der Waals surface area (Å²) >= 11 is 1.57. The van der Waals surface area contributed by atoms with Gasteiger partial charge in [0.25, 0.3) is 0 Å². The van der Waals surface area contributed by atoms with Crippen molar-refractivity contribution in [3.05, 3.63) is 0 Å². The molecule has 5 heteroatoms. The number of hydrogen-bond acceptors (Lipinski definition) is 4. The average Bonchev–Trinajstić information content (AvgIpc) is 2.27. The molecule has 4 nitrogen and oxygen atoms in total. The first-order valence-electron chi connectivity index (χ1n) is 5.17. The molecule has 0 aliphatic carbocycles. The van der Waals surface area contributed by atoms with Crippen molar-refractivity contribution in [2.24, 2.45) is 0 Å². The van der Waals surface area contributed by atoms with Crippen molar-refractivity contribution in [3.63, 3.8) is 0 Å². The number of carbonyl (C=O) groups is 1. The van der Waals surface area contributed by atoms with Crippen LogP contribution in [-0.4, -0.2) is 47.8 Å². The normalized spacial score (nSPS) is 15.9. The van der Waals surface area contributed by atoms with E-state index in [2.05, 4.69) is 16.6 Å². The number of amides is 1. The van der Waals surface area contributed by atoms with Crippen LogP contribution in [0.4, 0.5) is 0 Å². The summed E-state index contributed by atoms with van der Waals surface area (Å²) in [4.78, 5) is 11.5. The van der Waals surface area contributed by atoms with Gasteiger partial charge in [-0.15, -0.1) is 6.42 Å². The quantitative estimate of drug-likeness (QED) is 0.544. The van der Waals surface area contributed by atoms with Crippen LogP contribution >= 0.6 is 11.8 Å². The first kappa shape index (κ1) is 15.3. The summed E-state index contributed by atoms with van der Waals surface area (Å²) in [5.41, 5.74) is 0. The molecule has 0 spiro atoms. The van der Waals surface area contributed by atoms with Crippen LogP contribution in [0.3, 0.4) is 0 Å². The maximum atomic E-state index is 11.5. The van der Waals surface area contributed by atoms with Gasteiger partial charge in [0, 0.05) is 11.3 Å². The first-order valence-corrected chi connectivity index (χ1v) is 6.46. The average molecular weight is 244 g/mol. The highest BCUT2D eigenvalue weighted by Crippen LogP contribution is 2.10. The molecule has 0 saturated heterocycles. The molecule has 0 aromatic carbocycles. The maximum absolute atomic E-state index is 11.5. The van der Waals surface area contributed by atoms with Crippen molar-refractivity contribution in [2.75, 3.05) is 19.4 Å². The van der Waals surface area contributed by atoms with E-state index in [4.69, 9.17) is 11.5 Å². The minimum absolute atomic E-state index is 0.0617. The molecule has 0 heterocycles. The molecule has 3 N–H and O–H groups in total. The zero-order valence-corrected chi connectivity index (χ0v) is 10.8. The third-order valence-electron chi connectivity index (χ3n) is 2.31. The molecule has 3 unspecified atom stereocenters. The zero-order valence-electron chi connectivity index (χ0n) is 9.99. The standard InChI is InChI=1S/C11H20N2O2S/c1-5-6-12-11(15)9(3)13-8(2)10(7-14)16-4/h1,8-10,13-14H,6-7H2,2-4H3,(H,12,15). The summed E-state index contributed by atoms with van der Waals surface area (Å²) in [7, 11) is 0. The van der Waals surface area contributed by atoms with Crippen molar-refractivity contribution >= 4 is 17.7 Å². The van der Waals surface area contributed by atoms with Crippen molar-refractivity contribution in [1.29, 1.82) is 0 Å². The predicted octanol–water partition coefficient (Wildman–Crippen LogP) is -0.174. The number of aliphatic hydroxyl groups is 1. The maximum Gasteiger partial charge on any atom is 0.237 e. The molecule has 0 rings (SSSR count). The molecule has 0 saturated carbocycles. The molecule has 1 amide bonds. The molecule has 0 radical (unpaired) electrons. The van der Waals surface area contributed by atoms with E-state index in [1.165, 1.54) is 0 Å². The lowest BCUT2D eigenvalue weighted by Crippen LogP contribution is -2.49. The Labute approximate surface area is 102 Å². The Morgan fingerprint density at radius 2 is 2.19 bits per heavy atom. The van der Waals surface area contributed by atoms with E-state index < -0.39 is 0 Å². The lowest BCUT2D eigenvalue weighted by molar-refractivity contribution is -0.122. The van der Waals surface area contributed by atoms with E-state index in [1.54, 1.807) is 18.7 Å². The van der Waals surface area contributed by atoms with E-state index in [0.29, 0.717) is 0 Å². The van der Waals surface area contributed by atoms with Gasteiger partial charge in [0.15, 0.2) is 0 Å². The fourth-order valence-corrected chi connectivity index (χ4v) is 1.94. The molecule has 16 heavy (non-hydrogen) atoms. The van der Waals surface area contributed by atoms with Gasteiger partial charge >= 0.3 is 0 Å². The molecule has 0 aliphatic heterocycles. The van der Waals surface area contributed by atoms with Gasteiger partial charge in [-0.25, -0.2) is 0 Å². The molecule has 0 aromatic rings. The highest BCUT2D eigenvalue weighted by Gasteiger charge is 2.20. The Morgan fingerprint density at radius 3 is 2.62 bits per heavy atom. The molecular formula is C11H20N2O2S. The van der Waals surface area contributed by atoms with Crippen LogP contribution in [0.15, 0.2) is 0 Å². The SMILES string of the molecule is C#CCNC(=O)C(C)NC(C)C(CO)SC. The first-order chi connectivity index (χ1) is 7.56. The zero-order chi connectivity index (χ0) is 12.6. The fourth-order valence-electron chi connectivity index (χ4n) is 1.31. The number of thioether (sulfide) groups is 1. The van der Waals surface area contributed by atoms with E-state index >= 15 is 0 Å². The molecular weight excluding hydrogens is 224 g/mol. The topological polar surface area (TPSA) is 61.4 Å². The molecule has 0 aliphatic rings. The van der Waals surface area contributed by atoms with Crippen LogP contribution in [0, 0.1) is 12.3 Å². The van der Waals surface area contributed by atoms with E-state index in [-0.39, 0.29) is 36.4 Å². The number of rotatable bonds is 7. The largest absolute Gasteiger partial charge is 0.395 e. The summed E-state index contributed by atoms with van der Waals surface area (Å²) in [5, 5.41) is 14.9. The van der Waals surface area contributed by atoms with E-state index in [9.17, 15) is 4.79 Å². The van der Waals surface area contributed by atoms with Gasteiger partial charge in [0.05, 0.1) is 19.2 Å². The lowest BCUT2D eigenvalue weighted by atomic mass is 10.2. The Balaban J connectivity index is 4.07. The van der Waals surface area contributed by atoms with Crippen LogP contribution < -0.4 is 10.6 Å². The van der Waals surface area contributed by atoms with Crippen molar-refractivity contribution < 1.29 is 9.90 Å². The highest BCUT2D eigenvalue weighted by molar-refractivity contribution is 7.99. The van der Waals surface area contributed by atoms with Gasteiger partial charge in [0.1, 0.15) is 0 Å². The molecule has 3 atom stereocenters. The lowest BCUT2D eigenvalue weighted by Gasteiger charge is -2.24. The van der Waals surface area contributed by atoms with Crippen LogP contribution in [0.25, 0.3) is 0 Å². The Hall–Kier alpha value is -0.700. The number of terminal acetylenes is 1. The molecule has 0 bridgehead atoms. The summed E-state index contributed by atoms with van der Waals surface area (Å²) in [6.45, 7) is 4.05. The summed E-state index contributed by atoms with van der Waals surface area (Å²) < 4.78 is 0. The molecule has 92 valence electrons. The second-order valence-electron chi connectivity index (χ2n) is 3.56. The number of aliphatic hydroxyl groups excluding tert-OH is 1. The van der Waals surface area contributed by atoms with Gasteiger partial charge in [-0.2, -0.15) is 11.8 Å². The van der Waals surface area contributed by atoms with Crippen LogP contribution in [-0.2, 0) is 4.79 Å². The summed E-state index contributed by atoms with van der Waals surface area (Å²) in [6.07, 6.45) is 6.98. The minimum Gasteiger partial charge on any atom is -0.395 e. The molecule has 0 fully saturated rings. The predicted molar refractivity (Wildman–Crippen MR) is 68.3 cm³/mol. The van der Waals surface area contributed by atoms with Crippen LogP contribution in [0.1, 0.15) is 13.8 Å². The Morgan fingerprint density at radius 1 is 1.56 bits per heavy atom. The second kappa shape index (κ2) is 8.45. The Kier molecular flexibility index (Phi) is 8.08. The van der Waals surface area contributed by atoms with Crippen molar-refractivity contribution in [1.82, 2.24) is 10.6 Å².